The van der Waals surface area contributed by atoms with E-state index in [0.29, 0.717) is 16.0 Å². The average Bonchev–Trinajstić information content (AvgIpc) is 3.44. The Labute approximate surface area is 196 Å². The Morgan fingerprint density at radius 3 is 2.69 bits per heavy atom. The molecule has 0 saturated carbocycles. The maximum absolute atomic E-state index is 6.17. The highest BCUT2D eigenvalue weighted by Gasteiger charge is 2.21. The summed E-state index contributed by atoms with van der Waals surface area (Å²) >= 11 is 12.2. The number of fused-ring (bicyclic) bond motifs is 1. The fourth-order valence-corrected chi connectivity index (χ4v) is 4.79. The number of piperidine rings is 1. The maximum atomic E-state index is 6.17. The number of methoxy groups -OCH3 is 1. The number of hydrogen-bond acceptors (Lipinski definition) is 4. The van der Waals surface area contributed by atoms with E-state index in [1.807, 2.05) is 36.5 Å². The Morgan fingerprint density at radius 1 is 1.06 bits per heavy atom. The molecule has 0 unspecified atom stereocenters. The van der Waals surface area contributed by atoms with E-state index in [2.05, 4.69) is 31.1 Å². The Morgan fingerprint density at radius 2 is 1.91 bits per heavy atom. The second-order valence-corrected chi connectivity index (χ2v) is 9.22. The molecule has 2 aromatic carbocycles. The summed E-state index contributed by atoms with van der Waals surface area (Å²) in [5.41, 5.74) is 3.30. The van der Waals surface area contributed by atoms with Crippen molar-refractivity contribution in [3.8, 4) is 17.1 Å². The fraction of sp³-hybridized carbons (Fsp3) is 0.333. The molecule has 1 aliphatic rings. The van der Waals surface area contributed by atoms with Gasteiger partial charge < -0.3 is 14.7 Å². The third kappa shape index (κ3) is 4.49. The van der Waals surface area contributed by atoms with Gasteiger partial charge in [-0.15, -0.1) is 10.2 Å². The highest BCUT2D eigenvalue weighted by atomic mass is 35.5. The van der Waals surface area contributed by atoms with Gasteiger partial charge in [0, 0.05) is 22.7 Å². The molecule has 0 radical (unpaired) electrons. The molecule has 4 aromatic rings. The SMILES string of the molecule is COc1ccc2[nH]cc(-c3nnc(CN4CCC(Cc5ccc(Cl)c(Cl)c5)CC4)[nH]3)c2c1. The van der Waals surface area contributed by atoms with Gasteiger partial charge in [0.05, 0.1) is 23.7 Å². The zero-order valence-electron chi connectivity index (χ0n) is 17.9. The minimum absolute atomic E-state index is 0.614. The van der Waals surface area contributed by atoms with Crippen molar-refractivity contribution >= 4 is 34.1 Å². The van der Waals surface area contributed by atoms with E-state index >= 15 is 0 Å². The highest BCUT2D eigenvalue weighted by Crippen LogP contribution is 2.30. The lowest BCUT2D eigenvalue weighted by Crippen LogP contribution is -2.34. The van der Waals surface area contributed by atoms with Gasteiger partial charge in [-0.3, -0.25) is 4.90 Å². The number of aromatic amines is 2. The molecule has 5 rings (SSSR count). The summed E-state index contributed by atoms with van der Waals surface area (Å²) in [5, 5.41) is 11.1. The molecular weight excluding hydrogens is 445 g/mol. The maximum Gasteiger partial charge on any atom is 0.163 e. The summed E-state index contributed by atoms with van der Waals surface area (Å²) < 4.78 is 5.37. The molecule has 32 heavy (non-hydrogen) atoms. The summed E-state index contributed by atoms with van der Waals surface area (Å²) in [4.78, 5) is 9.13. The molecule has 2 N–H and O–H groups in total. The first-order valence-corrected chi connectivity index (χ1v) is 11.6. The van der Waals surface area contributed by atoms with Crippen molar-refractivity contribution in [2.75, 3.05) is 20.2 Å². The van der Waals surface area contributed by atoms with Gasteiger partial charge in [-0.25, -0.2) is 0 Å². The molecule has 3 heterocycles. The van der Waals surface area contributed by atoms with E-state index in [4.69, 9.17) is 27.9 Å². The number of nitrogens with one attached hydrogen (secondary N) is 2. The van der Waals surface area contributed by atoms with E-state index in [0.717, 1.165) is 72.8 Å². The topological polar surface area (TPSA) is 69.8 Å². The minimum Gasteiger partial charge on any atom is -0.497 e. The van der Waals surface area contributed by atoms with Crippen LogP contribution in [0.15, 0.2) is 42.6 Å². The number of hydrogen-bond donors (Lipinski definition) is 2. The monoisotopic (exact) mass is 469 g/mol. The number of nitrogens with zero attached hydrogens (tertiary/aromatic N) is 3. The summed E-state index contributed by atoms with van der Waals surface area (Å²) in [6.45, 7) is 2.87. The summed E-state index contributed by atoms with van der Waals surface area (Å²) in [6.07, 6.45) is 5.32. The molecule has 166 valence electrons. The van der Waals surface area contributed by atoms with Gasteiger partial charge in [0.2, 0.25) is 0 Å². The first-order valence-electron chi connectivity index (χ1n) is 10.8. The molecule has 0 bridgehead atoms. The number of benzene rings is 2. The van der Waals surface area contributed by atoms with Crippen LogP contribution in [0.3, 0.4) is 0 Å². The predicted octanol–water partition coefficient (Wildman–Crippen LogP) is 5.72. The molecule has 8 heteroatoms. The van der Waals surface area contributed by atoms with Gasteiger partial charge in [0.25, 0.3) is 0 Å². The fourth-order valence-electron chi connectivity index (χ4n) is 4.47. The smallest absolute Gasteiger partial charge is 0.163 e. The van der Waals surface area contributed by atoms with Gasteiger partial charge in [0.15, 0.2) is 5.82 Å². The highest BCUT2D eigenvalue weighted by molar-refractivity contribution is 6.42. The number of rotatable bonds is 6. The Bertz CT molecular complexity index is 1230. The lowest BCUT2D eigenvalue weighted by molar-refractivity contribution is 0.173. The number of aromatic nitrogens is 4. The van der Waals surface area contributed by atoms with Crippen LogP contribution < -0.4 is 4.74 Å². The molecule has 6 nitrogen and oxygen atoms in total. The van der Waals surface area contributed by atoms with Crippen LogP contribution in [0, 0.1) is 5.92 Å². The van der Waals surface area contributed by atoms with Crippen molar-refractivity contribution in [3.05, 3.63) is 64.0 Å². The van der Waals surface area contributed by atoms with Crippen LogP contribution in [-0.4, -0.2) is 45.3 Å². The minimum atomic E-state index is 0.614. The zero-order chi connectivity index (χ0) is 22.1. The van der Waals surface area contributed by atoms with Gasteiger partial charge in [-0.2, -0.15) is 0 Å². The normalized spacial score (nSPS) is 15.5. The lowest BCUT2D eigenvalue weighted by Gasteiger charge is -2.31. The summed E-state index contributed by atoms with van der Waals surface area (Å²) in [7, 11) is 1.67. The predicted molar refractivity (Wildman–Crippen MR) is 128 cm³/mol. The van der Waals surface area contributed by atoms with Gasteiger partial charge in [-0.1, -0.05) is 29.3 Å². The Balaban J connectivity index is 1.20. The molecule has 0 atom stereocenters. The molecular formula is C24H25Cl2N5O. The van der Waals surface area contributed by atoms with Gasteiger partial charge >= 0.3 is 0 Å². The second kappa shape index (κ2) is 9.14. The van der Waals surface area contributed by atoms with E-state index in [-0.39, 0.29) is 0 Å². The quantitative estimate of drug-likeness (QED) is 0.378. The number of likely N-dealkylation sites (tertiary alicyclic amines) is 1. The van der Waals surface area contributed by atoms with Crippen molar-refractivity contribution in [3.63, 3.8) is 0 Å². The van der Waals surface area contributed by atoms with Crippen LogP contribution in [-0.2, 0) is 13.0 Å². The average molecular weight is 470 g/mol. The Kier molecular flexibility index (Phi) is 6.09. The van der Waals surface area contributed by atoms with Crippen LogP contribution in [0.2, 0.25) is 10.0 Å². The van der Waals surface area contributed by atoms with Crippen molar-refractivity contribution in [1.29, 1.82) is 0 Å². The zero-order valence-corrected chi connectivity index (χ0v) is 19.4. The van der Waals surface area contributed by atoms with Gasteiger partial charge in [-0.05, 0) is 74.2 Å². The first-order chi connectivity index (χ1) is 15.6. The van der Waals surface area contributed by atoms with Crippen molar-refractivity contribution in [1.82, 2.24) is 25.1 Å². The Hall–Kier alpha value is -2.54. The van der Waals surface area contributed by atoms with Crippen molar-refractivity contribution in [2.45, 2.75) is 25.8 Å². The van der Waals surface area contributed by atoms with Crippen LogP contribution in [0.25, 0.3) is 22.3 Å². The van der Waals surface area contributed by atoms with Crippen LogP contribution in [0.4, 0.5) is 0 Å². The molecule has 1 saturated heterocycles. The molecule has 0 aliphatic carbocycles. The number of H-pyrrole nitrogens is 2. The largest absolute Gasteiger partial charge is 0.497 e. The number of ether oxygens (including phenoxy) is 1. The van der Waals surface area contributed by atoms with Crippen LogP contribution in [0.1, 0.15) is 24.2 Å². The third-order valence-electron chi connectivity index (χ3n) is 6.27. The first kappa shape index (κ1) is 21.3. The van der Waals surface area contributed by atoms with E-state index in [9.17, 15) is 0 Å². The van der Waals surface area contributed by atoms with Crippen LogP contribution >= 0.6 is 23.2 Å². The van der Waals surface area contributed by atoms with E-state index in [1.54, 1.807) is 7.11 Å². The van der Waals surface area contributed by atoms with E-state index < -0.39 is 0 Å². The van der Waals surface area contributed by atoms with Gasteiger partial charge in [0.1, 0.15) is 11.6 Å². The second-order valence-electron chi connectivity index (χ2n) is 8.41. The lowest BCUT2D eigenvalue weighted by atomic mass is 9.90. The molecule has 1 fully saturated rings. The van der Waals surface area contributed by atoms with Crippen LogP contribution in [0.5, 0.6) is 5.75 Å². The molecule has 2 aromatic heterocycles. The number of halogens is 2. The van der Waals surface area contributed by atoms with Crippen molar-refractivity contribution in [2.24, 2.45) is 5.92 Å². The summed E-state index contributed by atoms with van der Waals surface area (Å²) in [6, 6.07) is 11.9. The summed E-state index contributed by atoms with van der Waals surface area (Å²) in [5.74, 6) is 3.14. The third-order valence-corrected chi connectivity index (χ3v) is 7.01. The molecule has 0 spiro atoms. The standard InChI is InChI=1S/C24H25Cl2N5O/c1-32-17-3-5-22-18(12-17)19(13-27-22)24-28-23(29-30-24)14-31-8-6-15(7-9-31)10-16-2-4-20(25)21(26)11-16/h2-5,11-13,15,27H,6-10,14H2,1H3,(H,28,29,30). The van der Waals surface area contributed by atoms with Crippen molar-refractivity contribution < 1.29 is 4.74 Å². The molecule has 1 aliphatic heterocycles. The van der Waals surface area contributed by atoms with E-state index in [1.165, 1.54) is 5.56 Å². The molecule has 0 amide bonds.